The molecule has 1 N–H and O–H groups in total. The van der Waals surface area contributed by atoms with E-state index in [9.17, 15) is 28.8 Å². The van der Waals surface area contributed by atoms with Gasteiger partial charge in [0.1, 0.15) is 34.5 Å². The molecule has 13 aromatic rings. The van der Waals surface area contributed by atoms with Gasteiger partial charge in [-0.1, -0.05) is 85.9 Å². The minimum atomic E-state index is -0.325. The number of carbonyl (C=O) groups excluding carboxylic acids is 3. The van der Waals surface area contributed by atoms with Crippen LogP contribution in [0.4, 0.5) is 5.69 Å². The number of carbonyl (C=O) groups is 3. The van der Waals surface area contributed by atoms with Crippen LogP contribution in [-0.2, 0) is 14.4 Å². The van der Waals surface area contributed by atoms with Gasteiger partial charge < -0.3 is 29.3 Å². The van der Waals surface area contributed by atoms with Crippen LogP contribution in [0.2, 0.25) is 5.02 Å². The number of hydrogen-bond acceptors (Lipinski definition) is 12. The van der Waals surface area contributed by atoms with Crippen LogP contribution in [0.5, 0.6) is 34.5 Å². The van der Waals surface area contributed by atoms with Crippen molar-refractivity contribution >= 4 is 68.1 Å². The van der Waals surface area contributed by atoms with Gasteiger partial charge in [-0.15, -0.1) is 0 Å². The van der Waals surface area contributed by atoms with Crippen molar-refractivity contribution in [2.75, 3.05) is 31.5 Å². The number of hydrogen-bond donors (Lipinski definition) is 1. The average molecular weight is 1380 g/mol. The van der Waals surface area contributed by atoms with Crippen molar-refractivity contribution in [2.45, 2.75) is 45.7 Å². The van der Waals surface area contributed by atoms with Gasteiger partial charge in [0.25, 0.3) is 0 Å². The fourth-order valence-electron chi connectivity index (χ4n) is 12.8. The minimum Gasteiger partial charge on any atom is -0.457 e. The number of likely N-dealkylation sites (tertiary alicyclic amines) is 2. The first-order chi connectivity index (χ1) is 49.5. The first kappa shape index (κ1) is 67.7. The van der Waals surface area contributed by atoms with E-state index >= 15 is 0 Å². The average Bonchev–Trinajstić information content (AvgIpc) is 1.61. The molecule has 0 unspecified atom stereocenters. The highest BCUT2D eigenvalue weighted by Gasteiger charge is 2.33. The summed E-state index contributed by atoms with van der Waals surface area (Å²) in [5.74, 6) is 3.55. The lowest BCUT2D eigenvalue weighted by atomic mass is 10.2. The maximum atomic E-state index is 13.7. The van der Waals surface area contributed by atoms with Crippen molar-refractivity contribution in [1.82, 2.24) is 52.2 Å². The van der Waals surface area contributed by atoms with Crippen molar-refractivity contribution in [3.8, 4) is 57.2 Å². The summed E-state index contributed by atoms with van der Waals surface area (Å²) in [4.78, 5) is 93.4. The highest BCUT2D eigenvalue weighted by atomic mass is 35.5. The van der Waals surface area contributed by atoms with Crippen molar-refractivity contribution in [3.05, 3.63) is 310 Å². The number of aryl methyl sites for hydroxylation is 2. The summed E-state index contributed by atoms with van der Waals surface area (Å²) in [7, 11) is 0. The third kappa shape index (κ3) is 14.1. The smallest absolute Gasteiger partial charge is 0.338 e. The first-order valence-corrected chi connectivity index (χ1v) is 33.2. The Balaban J connectivity index is 0.000000137. The molecule has 2 atom stereocenters. The van der Waals surface area contributed by atoms with Crippen LogP contribution in [0, 0.1) is 13.8 Å². The van der Waals surface area contributed by atoms with E-state index in [0.717, 1.165) is 44.9 Å². The number of nitrogens with one attached hydrogen (secondary N) is 1. The number of rotatable bonds is 16. The van der Waals surface area contributed by atoms with Gasteiger partial charge in [-0.3, -0.25) is 56.7 Å². The maximum absolute atomic E-state index is 13.7. The molecule has 15 rings (SSSR count). The van der Waals surface area contributed by atoms with Gasteiger partial charge in [-0.2, -0.15) is 0 Å². The molecule has 2 fully saturated rings. The van der Waals surface area contributed by atoms with Crippen LogP contribution in [-0.4, -0.2) is 96.1 Å². The lowest BCUT2D eigenvalue weighted by molar-refractivity contribution is -0.126. The van der Waals surface area contributed by atoms with Crippen molar-refractivity contribution < 1.29 is 28.6 Å². The number of nitrogens with zero attached hydrogens (tertiary/aromatic N) is 11. The Morgan fingerprint density at radius 2 is 0.980 bits per heavy atom. The van der Waals surface area contributed by atoms with E-state index in [1.165, 1.54) is 12.2 Å². The molecule has 7 aromatic carbocycles. The molecule has 510 valence electrons. The summed E-state index contributed by atoms with van der Waals surface area (Å²) in [5.41, 5.74) is 9.39. The zero-order valence-corrected chi connectivity index (χ0v) is 56.8. The zero-order valence-electron chi connectivity index (χ0n) is 56.0. The van der Waals surface area contributed by atoms with Crippen molar-refractivity contribution in [1.29, 1.82) is 0 Å². The van der Waals surface area contributed by atoms with Crippen molar-refractivity contribution in [2.24, 2.45) is 0 Å². The van der Waals surface area contributed by atoms with E-state index in [-0.39, 0.29) is 46.9 Å². The number of ether oxygens (including phenoxy) is 3. The van der Waals surface area contributed by atoms with Gasteiger partial charge in [0.05, 0.1) is 91.5 Å². The normalized spacial score (nSPS) is 14.0. The molecule has 6 aromatic heterocycles. The Morgan fingerprint density at radius 3 is 1.57 bits per heavy atom. The van der Waals surface area contributed by atoms with Crippen LogP contribution in [0.1, 0.15) is 43.0 Å². The number of amides is 3. The Morgan fingerprint density at radius 1 is 0.490 bits per heavy atom. The molecule has 2 aliphatic heterocycles. The second-order valence-electron chi connectivity index (χ2n) is 24.5. The van der Waals surface area contributed by atoms with E-state index in [4.69, 9.17) is 25.8 Å². The lowest BCUT2D eigenvalue weighted by Gasteiger charge is -2.17. The van der Waals surface area contributed by atoms with Gasteiger partial charge >= 0.3 is 17.1 Å². The fourth-order valence-corrected chi connectivity index (χ4v) is 13.0. The number of fused-ring (bicyclic) bond motifs is 3. The summed E-state index contributed by atoms with van der Waals surface area (Å²) in [5, 5.41) is 3.12. The Hall–Kier alpha value is -12.9. The molecule has 3 amide bonds. The van der Waals surface area contributed by atoms with Crippen molar-refractivity contribution in [3.63, 3.8) is 0 Å². The number of anilines is 1. The summed E-state index contributed by atoms with van der Waals surface area (Å²) >= 11 is 6.56. The minimum absolute atomic E-state index is 0.0649. The largest absolute Gasteiger partial charge is 0.457 e. The molecule has 102 heavy (non-hydrogen) atoms. The molecule has 0 bridgehead atoms. The first-order valence-electron chi connectivity index (χ1n) is 32.9. The summed E-state index contributed by atoms with van der Waals surface area (Å²) in [6, 6.07) is 57.4. The van der Waals surface area contributed by atoms with Crippen LogP contribution in [0.25, 0.3) is 55.8 Å². The summed E-state index contributed by atoms with van der Waals surface area (Å²) in [6.45, 7) is 18.6. The molecule has 2 aliphatic rings. The summed E-state index contributed by atoms with van der Waals surface area (Å²) < 4.78 is 27.8. The number of imidazole rings is 3. The second-order valence-corrected chi connectivity index (χ2v) is 24.9. The maximum Gasteiger partial charge on any atom is 0.338 e. The standard InChI is InChI=1S/C28H22N4O3.C26H23ClN4O3.C26H24N4O3/c1-3-27(33)30-20-8-7-9-21(17-20)31-24-14-15-29-18-25(24)32(28(31)34)22-12-13-26(19(2)16-22)35-23-10-5-4-6-11-23;1-3-25(32)29-12-10-19(16-29)31-22-9-11-28-15-23(22)30(26(31)33)18-7-8-24(21(27)14-18)34-20-6-4-5-17(2)13-20;1-18(2)25(31)28-15-13-20(17-28)30-23-12-14-27-16-24(23)29(26(30)32)19-8-10-22(11-9-19)33-21-6-4-3-5-7-21/h3-18H,1H2,2H3,(H,30,33);3-9,11,13-15,19H,1,10,12,16H2,2H3;3-12,14,16,20H,1,13,15,17H2,2H3/t;19-;20-/m.11/s1. The highest BCUT2D eigenvalue weighted by molar-refractivity contribution is 6.32. The van der Waals surface area contributed by atoms with Gasteiger partial charge in [0.15, 0.2) is 0 Å². The third-order valence-electron chi connectivity index (χ3n) is 17.6. The van der Waals surface area contributed by atoms with E-state index in [1.807, 2.05) is 159 Å². The van der Waals surface area contributed by atoms with Gasteiger partial charge in [0.2, 0.25) is 17.7 Å². The lowest BCUT2D eigenvalue weighted by Crippen LogP contribution is -2.32. The van der Waals surface area contributed by atoms with Crippen LogP contribution in [0.15, 0.2) is 277 Å². The van der Waals surface area contributed by atoms with E-state index in [1.54, 1.807) is 124 Å². The second kappa shape index (κ2) is 29.7. The van der Waals surface area contributed by atoms with Gasteiger partial charge in [-0.05, 0) is 190 Å². The highest BCUT2D eigenvalue weighted by Crippen LogP contribution is 2.35. The fraction of sp³-hybridized carbons (Fsp3) is 0.138. The van der Waals surface area contributed by atoms with E-state index < -0.39 is 0 Å². The number of benzene rings is 7. The molecule has 0 aliphatic carbocycles. The Bertz CT molecular complexity index is 5560. The molecule has 8 heterocycles. The number of para-hydroxylation sites is 2. The van der Waals surface area contributed by atoms with Crippen LogP contribution < -0.4 is 36.6 Å². The Labute approximate surface area is 590 Å². The molecule has 0 spiro atoms. The summed E-state index contributed by atoms with van der Waals surface area (Å²) in [6.07, 6.45) is 13.9. The third-order valence-corrected chi connectivity index (χ3v) is 17.9. The molecular formula is C80H69ClN12O9. The quantitative estimate of drug-likeness (QED) is 0.0894. The number of pyridine rings is 3. The molecule has 2 saturated heterocycles. The van der Waals surface area contributed by atoms with Crippen LogP contribution >= 0.6 is 11.6 Å². The monoisotopic (exact) mass is 1380 g/mol. The topological polar surface area (TPSA) is 217 Å². The molecular weight excluding hydrogens is 1310 g/mol. The predicted octanol–water partition coefficient (Wildman–Crippen LogP) is 14.6. The number of halogens is 1. The molecule has 21 nitrogen and oxygen atoms in total. The van der Waals surface area contributed by atoms with Gasteiger partial charge in [0, 0.05) is 56.0 Å². The molecule has 0 radical (unpaired) electrons. The van der Waals surface area contributed by atoms with E-state index in [2.05, 4.69) is 40.0 Å². The molecule has 0 saturated carbocycles. The SMILES string of the molecule is C=C(C)C(=O)N1CC[C@@H](n2c(=O)n(-c3ccc(Oc4ccccc4)cc3)c3cnccc32)C1.C=CC(=O)N1CC[C@@H](n2c(=O)n(-c3ccc(Oc4cccc(C)c4)c(Cl)c3)c3cnccc32)C1.C=CC(=O)Nc1cccc(-n2c(=O)n(-c3ccc(Oc4ccccc4)c(C)c3)c3cnccc32)c1. The van der Waals surface area contributed by atoms with Crippen LogP contribution in [0.3, 0.4) is 0 Å². The predicted molar refractivity (Wildman–Crippen MR) is 396 cm³/mol. The van der Waals surface area contributed by atoms with Gasteiger partial charge in [-0.25, -0.2) is 14.4 Å². The Kier molecular flexibility index (Phi) is 19.7. The molecule has 22 heteroatoms. The zero-order chi connectivity index (χ0) is 71.1. The van der Waals surface area contributed by atoms with E-state index in [0.29, 0.717) is 112 Å². The number of aromatic nitrogens is 9.